The third-order valence-electron chi connectivity index (χ3n) is 4.57. The van der Waals surface area contributed by atoms with Gasteiger partial charge in [0.05, 0.1) is 6.61 Å². The Morgan fingerprint density at radius 1 is 1.08 bits per heavy atom. The van der Waals surface area contributed by atoms with E-state index < -0.39 is 0 Å². The summed E-state index contributed by atoms with van der Waals surface area (Å²) in [6.07, 6.45) is 2.65. The number of ether oxygens (including phenoxy) is 1. The van der Waals surface area contributed by atoms with Crippen LogP contribution in [0.15, 0.2) is 54.6 Å². The van der Waals surface area contributed by atoms with E-state index in [1.165, 1.54) is 5.56 Å². The Kier molecular flexibility index (Phi) is 6.48. The predicted molar refractivity (Wildman–Crippen MR) is 101 cm³/mol. The molecule has 0 aromatic heterocycles. The topological polar surface area (TPSA) is 38.3 Å². The first-order chi connectivity index (χ1) is 12.3. The van der Waals surface area contributed by atoms with Crippen LogP contribution in [0.5, 0.6) is 0 Å². The molecule has 1 amide bonds. The van der Waals surface area contributed by atoms with Crippen molar-refractivity contribution in [3.63, 3.8) is 0 Å². The number of benzene rings is 2. The van der Waals surface area contributed by atoms with Crippen molar-refractivity contribution in [3.8, 4) is 0 Å². The summed E-state index contributed by atoms with van der Waals surface area (Å²) < 4.78 is 5.63. The molecule has 1 aliphatic carbocycles. The highest BCUT2D eigenvalue weighted by molar-refractivity contribution is 6.31. The monoisotopic (exact) mass is 357 g/mol. The van der Waals surface area contributed by atoms with E-state index in [-0.39, 0.29) is 17.7 Å². The van der Waals surface area contributed by atoms with Crippen LogP contribution in [-0.4, -0.2) is 25.7 Å². The second-order valence-corrected chi connectivity index (χ2v) is 6.87. The van der Waals surface area contributed by atoms with Crippen LogP contribution in [0.25, 0.3) is 0 Å². The first-order valence-corrected chi connectivity index (χ1v) is 9.27. The third-order valence-corrected chi connectivity index (χ3v) is 4.92. The van der Waals surface area contributed by atoms with Crippen molar-refractivity contribution in [2.45, 2.75) is 25.2 Å². The predicted octanol–water partition coefficient (Wildman–Crippen LogP) is 4.21. The van der Waals surface area contributed by atoms with Gasteiger partial charge in [0, 0.05) is 24.1 Å². The summed E-state index contributed by atoms with van der Waals surface area (Å²) >= 11 is 6.20. The molecule has 2 aromatic carbocycles. The first kappa shape index (κ1) is 18.0. The molecule has 1 N–H and O–H groups in total. The SMILES string of the molecule is O=C(NCCCOCCc1ccccc1)C1CC1c1ccccc1Cl. The fourth-order valence-electron chi connectivity index (χ4n) is 3.06. The molecule has 1 aliphatic rings. The summed E-state index contributed by atoms with van der Waals surface area (Å²) in [5.41, 5.74) is 2.38. The average molecular weight is 358 g/mol. The molecule has 1 saturated carbocycles. The van der Waals surface area contributed by atoms with Gasteiger partial charge in [-0.25, -0.2) is 0 Å². The average Bonchev–Trinajstić information content (AvgIpc) is 3.43. The van der Waals surface area contributed by atoms with Crippen molar-refractivity contribution in [3.05, 3.63) is 70.7 Å². The van der Waals surface area contributed by atoms with Crippen molar-refractivity contribution in [1.29, 1.82) is 0 Å². The van der Waals surface area contributed by atoms with Crippen LogP contribution in [0.4, 0.5) is 0 Å². The highest BCUT2D eigenvalue weighted by atomic mass is 35.5. The van der Waals surface area contributed by atoms with Crippen LogP contribution in [0.1, 0.15) is 29.9 Å². The lowest BCUT2D eigenvalue weighted by atomic mass is 10.1. The molecule has 2 atom stereocenters. The van der Waals surface area contributed by atoms with Gasteiger partial charge in [-0.15, -0.1) is 0 Å². The summed E-state index contributed by atoms with van der Waals surface area (Å²) in [6, 6.07) is 18.1. The van der Waals surface area contributed by atoms with Gasteiger partial charge in [0.25, 0.3) is 0 Å². The number of carbonyl (C=O) groups excluding carboxylic acids is 1. The van der Waals surface area contributed by atoms with Crippen molar-refractivity contribution in [2.24, 2.45) is 5.92 Å². The number of halogens is 1. The fourth-order valence-corrected chi connectivity index (χ4v) is 3.33. The normalized spacial score (nSPS) is 18.8. The van der Waals surface area contributed by atoms with E-state index in [0.717, 1.165) is 36.5 Å². The Labute approximate surface area is 154 Å². The molecule has 4 heteroatoms. The number of amides is 1. The molecule has 0 heterocycles. The second kappa shape index (κ2) is 9.02. The van der Waals surface area contributed by atoms with Gasteiger partial charge in [-0.2, -0.15) is 0 Å². The standard InChI is InChI=1S/C21H24ClNO2/c22-20-10-5-4-9-17(20)18-15-19(18)21(24)23-12-6-13-25-14-11-16-7-2-1-3-8-16/h1-5,7-10,18-19H,6,11-15H2,(H,23,24). The smallest absolute Gasteiger partial charge is 0.223 e. The van der Waals surface area contributed by atoms with Crippen molar-refractivity contribution < 1.29 is 9.53 Å². The molecule has 2 aromatic rings. The van der Waals surface area contributed by atoms with E-state index in [2.05, 4.69) is 17.4 Å². The van der Waals surface area contributed by atoms with Gasteiger partial charge in [-0.3, -0.25) is 4.79 Å². The summed E-state index contributed by atoms with van der Waals surface area (Å²) in [6.45, 7) is 2.05. The van der Waals surface area contributed by atoms with E-state index in [9.17, 15) is 4.79 Å². The summed E-state index contributed by atoms with van der Waals surface area (Å²) in [4.78, 5) is 12.2. The van der Waals surface area contributed by atoms with Crippen LogP contribution in [0, 0.1) is 5.92 Å². The van der Waals surface area contributed by atoms with Gasteiger partial charge in [-0.05, 0) is 42.4 Å². The zero-order valence-corrected chi connectivity index (χ0v) is 15.0. The second-order valence-electron chi connectivity index (χ2n) is 6.46. The Balaban J connectivity index is 1.26. The maximum atomic E-state index is 12.2. The molecule has 132 valence electrons. The van der Waals surface area contributed by atoms with E-state index in [0.29, 0.717) is 13.2 Å². The lowest BCUT2D eigenvalue weighted by molar-refractivity contribution is -0.122. The van der Waals surface area contributed by atoms with Gasteiger partial charge in [-0.1, -0.05) is 60.1 Å². The van der Waals surface area contributed by atoms with Crippen molar-refractivity contribution in [1.82, 2.24) is 5.32 Å². The number of hydrogen-bond acceptors (Lipinski definition) is 2. The Morgan fingerprint density at radius 2 is 1.84 bits per heavy atom. The molecule has 25 heavy (non-hydrogen) atoms. The van der Waals surface area contributed by atoms with Crippen molar-refractivity contribution in [2.75, 3.05) is 19.8 Å². The quantitative estimate of drug-likeness (QED) is 0.683. The van der Waals surface area contributed by atoms with Crippen LogP contribution in [0.2, 0.25) is 5.02 Å². The highest BCUT2D eigenvalue weighted by Gasteiger charge is 2.44. The van der Waals surface area contributed by atoms with Crippen molar-refractivity contribution >= 4 is 17.5 Å². The number of carbonyl (C=O) groups is 1. The largest absolute Gasteiger partial charge is 0.381 e. The Morgan fingerprint density at radius 3 is 2.64 bits per heavy atom. The molecule has 0 bridgehead atoms. The van der Waals surface area contributed by atoms with E-state index in [1.807, 2.05) is 42.5 Å². The van der Waals surface area contributed by atoms with Gasteiger partial charge < -0.3 is 10.1 Å². The molecule has 0 spiro atoms. The maximum absolute atomic E-state index is 12.2. The minimum absolute atomic E-state index is 0.0684. The Hall–Kier alpha value is -1.84. The molecule has 3 rings (SSSR count). The van der Waals surface area contributed by atoms with E-state index in [1.54, 1.807) is 0 Å². The van der Waals surface area contributed by atoms with Gasteiger partial charge in [0.2, 0.25) is 5.91 Å². The molecular formula is C21H24ClNO2. The zero-order valence-electron chi connectivity index (χ0n) is 14.3. The number of hydrogen-bond donors (Lipinski definition) is 1. The summed E-state index contributed by atoms with van der Waals surface area (Å²) in [5.74, 6) is 0.476. The minimum Gasteiger partial charge on any atom is -0.381 e. The van der Waals surface area contributed by atoms with Gasteiger partial charge in [0.15, 0.2) is 0 Å². The van der Waals surface area contributed by atoms with E-state index >= 15 is 0 Å². The first-order valence-electron chi connectivity index (χ1n) is 8.89. The number of nitrogens with one attached hydrogen (secondary N) is 1. The molecule has 0 saturated heterocycles. The molecule has 0 radical (unpaired) electrons. The van der Waals surface area contributed by atoms with Gasteiger partial charge in [0.1, 0.15) is 0 Å². The van der Waals surface area contributed by atoms with Crippen LogP contribution in [0.3, 0.4) is 0 Å². The lowest BCUT2D eigenvalue weighted by Crippen LogP contribution is -2.27. The molecule has 3 nitrogen and oxygen atoms in total. The summed E-state index contributed by atoms with van der Waals surface area (Å²) in [5, 5.41) is 3.77. The van der Waals surface area contributed by atoms with Crippen LogP contribution in [-0.2, 0) is 16.0 Å². The fraction of sp³-hybridized carbons (Fsp3) is 0.381. The van der Waals surface area contributed by atoms with E-state index in [4.69, 9.17) is 16.3 Å². The maximum Gasteiger partial charge on any atom is 0.223 e. The highest BCUT2D eigenvalue weighted by Crippen LogP contribution is 2.49. The van der Waals surface area contributed by atoms with Gasteiger partial charge >= 0.3 is 0 Å². The molecular weight excluding hydrogens is 334 g/mol. The summed E-state index contributed by atoms with van der Waals surface area (Å²) in [7, 11) is 0. The zero-order chi connectivity index (χ0) is 17.5. The Bertz CT molecular complexity index is 689. The molecule has 0 aliphatic heterocycles. The molecule has 2 unspecified atom stereocenters. The lowest BCUT2D eigenvalue weighted by Gasteiger charge is -2.07. The van der Waals surface area contributed by atoms with Crippen LogP contribution >= 0.6 is 11.6 Å². The number of rotatable bonds is 9. The molecule has 1 fully saturated rings. The minimum atomic E-state index is 0.0684. The third kappa shape index (κ3) is 5.32. The van der Waals surface area contributed by atoms with Crippen LogP contribution < -0.4 is 5.32 Å².